The van der Waals surface area contributed by atoms with Gasteiger partial charge in [-0.1, -0.05) is 6.08 Å². The molecule has 0 bridgehead atoms. The topological polar surface area (TPSA) is 85.4 Å². The smallest absolute Gasteiger partial charge is 0.271 e. The molecule has 0 fully saturated rings. The predicted molar refractivity (Wildman–Crippen MR) is 87.4 cm³/mol. The van der Waals surface area contributed by atoms with Crippen molar-refractivity contribution in [2.45, 2.75) is 0 Å². The Kier molecular flexibility index (Phi) is 5.51. The molecule has 2 N–H and O–H groups in total. The number of benzene rings is 1. The van der Waals surface area contributed by atoms with E-state index in [0.29, 0.717) is 29.5 Å². The number of methoxy groups -OCH3 is 2. The van der Waals surface area contributed by atoms with E-state index in [1.807, 2.05) is 0 Å². The molecule has 2 rings (SSSR count). The fourth-order valence-electron chi connectivity index (χ4n) is 1.81. The number of anilines is 2. The molecule has 0 atom stereocenters. The lowest BCUT2D eigenvalue weighted by molar-refractivity contribution is 0.0952. The van der Waals surface area contributed by atoms with Gasteiger partial charge in [-0.05, 0) is 12.1 Å². The van der Waals surface area contributed by atoms with Gasteiger partial charge in [0.25, 0.3) is 5.91 Å². The number of hydrogen-bond donors (Lipinski definition) is 2. The van der Waals surface area contributed by atoms with E-state index >= 15 is 0 Å². The van der Waals surface area contributed by atoms with Gasteiger partial charge in [0.1, 0.15) is 23.0 Å². The maximum Gasteiger partial charge on any atom is 0.271 e. The van der Waals surface area contributed by atoms with Gasteiger partial charge in [-0.25, -0.2) is 9.97 Å². The number of rotatable bonds is 7. The molecule has 1 aromatic carbocycles. The largest absolute Gasteiger partial charge is 0.497 e. The summed E-state index contributed by atoms with van der Waals surface area (Å²) in [5.41, 5.74) is 0.917. The molecule has 0 saturated heterocycles. The molecule has 1 heterocycles. The van der Waals surface area contributed by atoms with E-state index in [0.717, 1.165) is 0 Å². The van der Waals surface area contributed by atoms with Crippen molar-refractivity contribution in [3.63, 3.8) is 0 Å². The SMILES string of the molecule is C=CCNC(=O)c1cnc(Nc2cc(OC)ccc2OC)cn1. The summed E-state index contributed by atoms with van der Waals surface area (Å²) in [5, 5.41) is 5.72. The Morgan fingerprint density at radius 1 is 1.26 bits per heavy atom. The van der Waals surface area contributed by atoms with E-state index in [9.17, 15) is 4.79 Å². The second kappa shape index (κ2) is 7.79. The monoisotopic (exact) mass is 314 g/mol. The number of aromatic nitrogens is 2. The molecule has 0 aliphatic heterocycles. The van der Waals surface area contributed by atoms with Gasteiger partial charge in [0, 0.05) is 12.6 Å². The normalized spacial score (nSPS) is 9.83. The number of carbonyl (C=O) groups is 1. The molecule has 1 aromatic heterocycles. The fraction of sp³-hybridized carbons (Fsp3) is 0.188. The molecule has 0 spiro atoms. The van der Waals surface area contributed by atoms with Gasteiger partial charge in [-0.3, -0.25) is 4.79 Å². The van der Waals surface area contributed by atoms with Crippen molar-refractivity contribution in [1.82, 2.24) is 15.3 Å². The zero-order valence-corrected chi connectivity index (χ0v) is 13.0. The lowest BCUT2D eigenvalue weighted by Gasteiger charge is -2.12. The van der Waals surface area contributed by atoms with Crippen LogP contribution >= 0.6 is 0 Å². The molecule has 0 aliphatic carbocycles. The molecule has 7 nitrogen and oxygen atoms in total. The van der Waals surface area contributed by atoms with Gasteiger partial charge >= 0.3 is 0 Å². The van der Waals surface area contributed by atoms with Crippen LogP contribution in [0.2, 0.25) is 0 Å². The third kappa shape index (κ3) is 4.19. The van der Waals surface area contributed by atoms with Crippen LogP contribution in [0.25, 0.3) is 0 Å². The maximum atomic E-state index is 11.7. The molecule has 0 aliphatic rings. The Balaban J connectivity index is 2.14. The van der Waals surface area contributed by atoms with E-state index in [1.165, 1.54) is 12.4 Å². The molecule has 23 heavy (non-hydrogen) atoms. The van der Waals surface area contributed by atoms with Crippen molar-refractivity contribution in [3.05, 3.63) is 48.9 Å². The van der Waals surface area contributed by atoms with E-state index in [1.54, 1.807) is 38.5 Å². The van der Waals surface area contributed by atoms with Gasteiger partial charge < -0.3 is 20.1 Å². The van der Waals surface area contributed by atoms with Gasteiger partial charge in [-0.15, -0.1) is 6.58 Å². The van der Waals surface area contributed by atoms with E-state index in [2.05, 4.69) is 27.2 Å². The summed E-state index contributed by atoms with van der Waals surface area (Å²) < 4.78 is 10.5. The Hall–Kier alpha value is -3.09. The van der Waals surface area contributed by atoms with Gasteiger partial charge in [0.15, 0.2) is 0 Å². The molecular formula is C16H18N4O3. The average molecular weight is 314 g/mol. The van der Waals surface area contributed by atoms with Crippen molar-refractivity contribution >= 4 is 17.4 Å². The van der Waals surface area contributed by atoms with Crippen molar-refractivity contribution in [3.8, 4) is 11.5 Å². The number of amides is 1. The minimum absolute atomic E-state index is 0.231. The van der Waals surface area contributed by atoms with Crippen LogP contribution in [-0.4, -0.2) is 36.6 Å². The fourth-order valence-corrected chi connectivity index (χ4v) is 1.81. The molecule has 7 heteroatoms. The first-order valence-corrected chi connectivity index (χ1v) is 6.88. The third-order valence-electron chi connectivity index (χ3n) is 2.96. The summed E-state index contributed by atoms with van der Waals surface area (Å²) >= 11 is 0. The molecular weight excluding hydrogens is 296 g/mol. The van der Waals surface area contributed by atoms with Crippen molar-refractivity contribution < 1.29 is 14.3 Å². The standard InChI is InChI=1S/C16H18N4O3/c1-4-7-17-16(21)13-9-19-15(10-18-13)20-12-8-11(22-2)5-6-14(12)23-3/h4-6,8-10H,1,7H2,2-3H3,(H,17,21)(H,19,20). The summed E-state index contributed by atoms with van der Waals surface area (Å²) in [6.07, 6.45) is 4.46. The summed E-state index contributed by atoms with van der Waals surface area (Å²) in [4.78, 5) is 20.0. The number of carbonyl (C=O) groups excluding carboxylic acids is 1. The Morgan fingerprint density at radius 2 is 2.09 bits per heavy atom. The highest BCUT2D eigenvalue weighted by atomic mass is 16.5. The Bertz CT molecular complexity index is 686. The van der Waals surface area contributed by atoms with Crippen LogP contribution in [0.4, 0.5) is 11.5 Å². The summed E-state index contributed by atoms with van der Waals surface area (Å²) in [5.74, 6) is 1.50. The number of nitrogens with one attached hydrogen (secondary N) is 2. The lowest BCUT2D eigenvalue weighted by atomic mass is 10.2. The van der Waals surface area contributed by atoms with Crippen molar-refractivity contribution in [2.24, 2.45) is 0 Å². The van der Waals surface area contributed by atoms with Crippen LogP contribution in [0.1, 0.15) is 10.5 Å². The van der Waals surface area contributed by atoms with Crippen LogP contribution < -0.4 is 20.1 Å². The summed E-state index contributed by atoms with van der Waals surface area (Å²) in [6.45, 7) is 3.91. The quantitative estimate of drug-likeness (QED) is 0.762. The first-order valence-electron chi connectivity index (χ1n) is 6.88. The first kappa shape index (κ1) is 16.3. The van der Waals surface area contributed by atoms with Crippen LogP contribution in [0.3, 0.4) is 0 Å². The maximum absolute atomic E-state index is 11.7. The van der Waals surface area contributed by atoms with Crippen LogP contribution in [0, 0.1) is 0 Å². The number of ether oxygens (including phenoxy) is 2. The molecule has 0 saturated carbocycles. The average Bonchev–Trinajstić information content (AvgIpc) is 2.60. The van der Waals surface area contributed by atoms with E-state index in [-0.39, 0.29) is 11.6 Å². The zero-order valence-electron chi connectivity index (χ0n) is 13.0. The second-order valence-corrected chi connectivity index (χ2v) is 4.48. The van der Waals surface area contributed by atoms with Crippen molar-refractivity contribution in [1.29, 1.82) is 0 Å². The molecule has 0 unspecified atom stereocenters. The van der Waals surface area contributed by atoms with Crippen molar-refractivity contribution in [2.75, 3.05) is 26.1 Å². The third-order valence-corrected chi connectivity index (χ3v) is 2.96. The van der Waals surface area contributed by atoms with Crippen LogP contribution in [0.15, 0.2) is 43.2 Å². The van der Waals surface area contributed by atoms with E-state index < -0.39 is 0 Å². The highest BCUT2D eigenvalue weighted by Gasteiger charge is 2.09. The Morgan fingerprint density at radius 3 is 2.70 bits per heavy atom. The van der Waals surface area contributed by atoms with Crippen LogP contribution in [0.5, 0.6) is 11.5 Å². The summed E-state index contributed by atoms with van der Waals surface area (Å²) in [6, 6.07) is 5.36. The number of hydrogen-bond acceptors (Lipinski definition) is 6. The Labute approximate surface area is 134 Å². The second-order valence-electron chi connectivity index (χ2n) is 4.48. The van der Waals surface area contributed by atoms with Gasteiger partial charge in [0.05, 0.1) is 32.3 Å². The zero-order chi connectivity index (χ0) is 16.7. The molecule has 1 amide bonds. The predicted octanol–water partition coefficient (Wildman–Crippen LogP) is 2.15. The molecule has 2 aromatic rings. The van der Waals surface area contributed by atoms with E-state index in [4.69, 9.17) is 9.47 Å². The minimum atomic E-state index is -0.303. The van der Waals surface area contributed by atoms with Crippen LogP contribution in [-0.2, 0) is 0 Å². The molecule has 0 radical (unpaired) electrons. The summed E-state index contributed by atoms with van der Waals surface area (Å²) in [7, 11) is 3.16. The van der Waals surface area contributed by atoms with Gasteiger partial charge in [-0.2, -0.15) is 0 Å². The highest BCUT2D eigenvalue weighted by Crippen LogP contribution is 2.30. The minimum Gasteiger partial charge on any atom is -0.497 e. The van der Waals surface area contributed by atoms with Gasteiger partial charge in [0.2, 0.25) is 0 Å². The highest BCUT2D eigenvalue weighted by molar-refractivity contribution is 5.92. The number of nitrogens with zero attached hydrogens (tertiary/aromatic N) is 2. The lowest BCUT2D eigenvalue weighted by Crippen LogP contribution is -2.24. The molecule has 120 valence electrons. The first-order chi connectivity index (χ1) is 11.2.